The molecular formula is C29H35NO4S. The second-order valence-electron chi connectivity index (χ2n) is 8.78. The molecule has 0 aliphatic carbocycles. The molecule has 1 aliphatic rings. The van der Waals surface area contributed by atoms with Gasteiger partial charge in [-0.25, -0.2) is 9.59 Å². The van der Waals surface area contributed by atoms with Gasteiger partial charge in [0.05, 0.1) is 29.8 Å². The van der Waals surface area contributed by atoms with E-state index in [2.05, 4.69) is 17.4 Å². The zero-order valence-corrected chi connectivity index (χ0v) is 22.0. The molecule has 0 radical (unpaired) electrons. The van der Waals surface area contributed by atoms with E-state index in [9.17, 15) is 9.59 Å². The molecule has 1 heterocycles. The first-order chi connectivity index (χ1) is 16.8. The van der Waals surface area contributed by atoms with Crippen LogP contribution in [0.1, 0.15) is 57.6 Å². The molecule has 0 saturated carbocycles. The molecule has 1 N–H and O–H groups in total. The van der Waals surface area contributed by atoms with Crippen LogP contribution in [0.2, 0.25) is 0 Å². The van der Waals surface area contributed by atoms with Gasteiger partial charge in [0, 0.05) is 16.3 Å². The maximum absolute atomic E-state index is 13.4. The highest BCUT2D eigenvalue weighted by molar-refractivity contribution is 7.98. The van der Waals surface area contributed by atoms with Crippen LogP contribution in [0.3, 0.4) is 0 Å². The molecule has 1 aliphatic heterocycles. The molecule has 0 amide bonds. The van der Waals surface area contributed by atoms with Crippen LogP contribution in [0.5, 0.6) is 0 Å². The van der Waals surface area contributed by atoms with Gasteiger partial charge in [0.15, 0.2) is 0 Å². The molecule has 3 rings (SSSR count). The van der Waals surface area contributed by atoms with E-state index in [0.717, 1.165) is 29.0 Å². The molecular weight excluding hydrogens is 458 g/mol. The smallest absolute Gasteiger partial charge is 0.337 e. The van der Waals surface area contributed by atoms with Crippen molar-refractivity contribution in [3.05, 3.63) is 88.3 Å². The summed E-state index contributed by atoms with van der Waals surface area (Å²) >= 11 is 1.62. The van der Waals surface area contributed by atoms with Crippen molar-refractivity contribution in [1.29, 1.82) is 0 Å². The largest absolute Gasteiger partial charge is 0.463 e. The summed E-state index contributed by atoms with van der Waals surface area (Å²) in [6, 6.07) is 18.3. The Bertz CT molecular complexity index is 1100. The highest BCUT2D eigenvalue weighted by Gasteiger charge is 2.39. The predicted molar refractivity (Wildman–Crippen MR) is 141 cm³/mol. The number of hydrogen-bond donors (Lipinski definition) is 1. The Hall–Kier alpha value is -2.99. The van der Waals surface area contributed by atoms with E-state index in [1.165, 1.54) is 5.56 Å². The van der Waals surface area contributed by atoms with E-state index >= 15 is 0 Å². The van der Waals surface area contributed by atoms with Crippen molar-refractivity contribution in [1.82, 2.24) is 5.32 Å². The third-order valence-corrected chi connectivity index (χ3v) is 6.59. The van der Waals surface area contributed by atoms with E-state index in [1.807, 2.05) is 69.5 Å². The van der Waals surface area contributed by atoms with Crippen molar-refractivity contribution in [2.45, 2.75) is 63.9 Å². The Kier molecular flexibility index (Phi) is 9.61. The maximum atomic E-state index is 13.4. The number of carbonyl (C=O) groups is 2. The number of rotatable bonds is 10. The van der Waals surface area contributed by atoms with Gasteiger partial charge in [0.25, 0.3) is 0 Å². The molecule has 0 spiro atoms. The normalized spacial score (nSPS) is 15.8. The zero-order chi connectivity index (χ0) is 25.4. The predicted octanol–water partition coefficient (Wildman–Crippen LogP) is 6.16. The Morgan fingerprint density at radius 2 is 1.74 bits per heavy atom. The summed E-state index contributed by atoms with van der Waals surface area (Å²) in [5, 5.41) is 3.38. The number of hydrogen-bond acceptors (Lipinski definition) is 6. The van der Waals surface area contributed by atoms with Crippen molar-refractivity contribution in [2.75, 3.05) is 12.9 Å². The first kappa shape index (κ1) is 26.6. The van der Waals surface area contributed by atoms with Crippen molar-refractivity contribution in [2.24, 2.45) is 0 Å². The number of esters is 2. The third-order valence-electron chi connectivity index (χ3n) is 5.87. The lowest BCUT2D eigenvalue weighted by atomic mass is 9.79. The Morgan fingerprint density at radius 1 is 1.00 bits per heavy atom. The van der Waals surface area contributed by atoms with Crippen LogP contribution in [0.15, 0.2) is 82.0 Å². The van der Waals surface area contributed by atoms with Gasteiger partial charge in [-0.15, -0.1) is 11.8 Å². The van der Waals surface area contributed by atoms with E-state index in [0.29, 0.717) is 23.3 Å². The quantitative estimate of drug-likeness (QED) is 0.316. The Labute approximate surface area is 213 Å². The lowest BCUT2D eigenvalue weighted by molar-refractivity contribution is -0.143. The van der Waals surface area contributed by atoms with Crippen molar-refractivity contribution >= 4 is 23.7 Å². The molecule has 186 valence electrons. The number of carbonyl (C=O) groups excluding carboxylic acids is 2. The topological polar surface area (TPSA) is 64.6 Å². The summed E-state index contributed by atoms with van der Waals surface area (Å²) in [7, 11) is 0. The highest BCUT2D eigenvalue weighted by atomic mass is 32.2. The fourth-order valence-electron chi connectivity index (χ4n) is 4.36. The number of ether oxygens (including phenoxy) is 2. The number of thioether (sulfide) groups is 1. The molecule has 0 aromatic heterocycles. The van der Waals surface area contributed by atoms with Gasteiger partial charge < -0.3 is 14.8 Å². The van der Waals surface area contributed by atoms with Crippen LogP contribution < -0.4 is 5.32 Å². The molecule has 0 saturated heterocycles. The molecule has 35 heavy (non-hydrogen) atoms. The van der Waals surface area contributed by atoms with E-state index in [1.54, 1.807) is 18.7 Å². The van der Waals surface area contributed by atoms with E-state index in [-0.39, 0.29) is 12.7 Å². The molecule has 2 aromatic rings. The van der Waals surface area contributed by atoms with Gasteiger partial charge in [-0.1, -0.05) is 42.5 Å². The average molecular weight is 494 g/mol. The summed E-state index contributed by atoms with van der Waals surface area (Å²) in [6.45, 7) is 7.57. The first-order valence-electron chi connectivity index (χ1n) is 12.1. The Morgan fingerprint density at radius 3 is 2.40 bits per heavy atom. The van der Waals surface area contributed by atoms with Crippen LogP contribution in [-0.2, 0) is 25.5 Å². The molecule has 1 atom stereocenters. The average Bonchev–Trinajstić information content (AvgIpc) is 2.84. The minimum atomic E-state index is -0.569. The SMILES string of the molecule is CCOC(=O)C1=C(CCCc2ccccc2)NC(C)=C(C(=O)OC(C)C)C1c1cccc(SC)c1. The monoisotopic (exact) mass is 493 g/mol. The van der Waals surface area contributed by atoms with Gasteiger partial charge in [-0.2, -0.15) is 0 Å². The lowest BCUT2D eigenvalue weighted by Crippen LogP contribution is -2.34. The highest BCUT2D eigenvalue weighted by Crippen LogP contribution is 2.41. The van der Waals surface area contributed by atoms with E-state index < -0.39 is 17.9 Å². The van der Waals surface area contributed by atoms with E-state index in [4.69, 9.17) is 9.47 Å². The fraction of sp³-hybridized carbons (Fsp3) is 0.379. The van der Waals surface area contributed by atoms with Crippen LogP contribution in [0, 0.1) is 0 Å². The molecule has 2 aromatic carbocycles. The molecule has 0 fully saturated rings. The number of aryl methyl sites for hydroxylation is 1. The van der Waals surface area contributed by atoms with Gasteiger partial charge >= 0.3 is 11.9 Å². The van der Waals surface area contributed by atoms with Crippen LogP contribution in [0.25, 0.3) is 0 Å². The number of nitrogens with one attached hydrogen (secondary N) is 1. The summed E-state index contributed by atoms with van der Waals surface area (Å²) < 4.78 is 11.1. The van der Waals surface area contributed by atoms with Gasteiger partial charge in [0.2, 0.25) is 0 Å². The van der Waals surface area contributed by atoms with Crippen molar-refractivity contribution < 1.29 is 19.1 Å². The fourth-order valence-corrected chi connectivity index (χ4v) is 4.83. The molecule has 6 heteroatoms. The number of allylic oxidation sites excluding steroid dienone is 2. The summed E-state index contributed by atoms with van der Waals surface area (Å²) in [5.74, 6) is -1.40. The summed E-state index contributed by atoms with van der Waals surface area (Å²) in [5.41, 5.74) is 4.57. The lowest BCUT2D eigenvalue weighted by Gasteiger charge is -2.32. The number of benzene rings is 2. The molecule has 5 nitrogen and oxygen atoms in total. The maximum Gasteiger partial charge on any atom is 0.337 e. The zero-order valence-electron chi connectivity index (χ0n) is 21.2. The van der Waals surface area contributed by atoms with Crippen molar-refractivity contribution in [3.63, 3.8) is 0 Å². The molecule has 0 bridgehead atoms. The Balaban J connectivity index is 2.07. The third kappa shape index (κ3) is 6.79. The minimum absolute atomic E-state index is 0.256. The standard InChI is InChI=1S/C29H35NO4S/c1-6-33-28(31)27-24(17-10-14-21-12-8-7-9-13-21)30-20(4)25(29(32)34-19(2)3)26(27)22-15-11-16-23(18-22)35-5/h7-9,11-13,15-16,18-19,26,30H,6,10,14,17H2,1-5H3. The van der Waals surface area contributed by atoms with Gasteiger partial charge in [-0.05, 0) is 76.5 Å². The van der Waals surface area contributed by atoms with Gasteiger partial charge in [-0.3, -0.25) is 0 Å². The number of dihydropyridines is 1. The van der Waals surface area contributed by atoms with Gasteiger partial charge in [0.1, 0.15) is 0 Å². The summed E-state index contributed by atoms with van der Waals surface area (Å²) in [4.78, 5) is 27.7. The second kappa shape index (κ2) is 12.6. The first-order valence-corrected chi connectivity index (χ1v) is 13.3. The molecule has 1 unspecified atom stereocenters. The van der Waals surface area contributed by atoms with Crippen LogP contribution >= 0.6 is 11.8 Å². The second-order valence-corrected chi connectivity index (χ2v) is 9.66. The van der Waals surface area contributed by atoms with Crippen LogP contribution in [-0.4, -0.2) is 30.9 Å². The van der Waals surface area contributed by atoms with Crippen molar-refractivity contribution in [3.8, 4) is 0 Å². The summed E-state index contributed by atoms with van der Waals surface area (Å²) in [6.07, 6.45) is 4.13. The van der Waals surface area contributed by atoms with Crippen LogP contribution in [0.4, 0.5) is 0 Å². The minimum Gasteiger partial charge on any atom is -0.463 e.